The van der Waals surface area contributed by atoms with Crippen molar-refractivity contribution >= 4 is 5.91 Å². The topological polar surface area (TPSA) is 40.5 Å². The van der Waals surface area contributed by atoms with Gasteiger partial charge in [0.05, 0.1) is 6.04 Å². The Balaban J connectivity index is 1.89. The molecule has 1 aliphatic heterocycles. The van der Waals surface area contributed by atoms with Gasteiger partial charge in [-0.3, -0.25) is 4.79 Å². The molecule has 1 saturated heterocycles. The molecule has 3 rings (SSSR count). The number of aryl methyl sites for hydroxylation is 1. The number of likely N-dealkylation sites (tertiary alicyclic amines) is 1. The monoisotopic (exact) mass is 313 g/mol. The van der Waals surface area contributed by atoms with Crippen LogP contribution in [0.2, 0.25) is 0 Å². The molecule has 1 N–H and O–H groups in total. The molecule has 1 fully saturated rings. The Bertz CT molecular complexity index is 712. The maximum atomic E-state index is 13.2. The number of phenols is 1. The number of aromatic hydroxyl groups is 1. The van der Waals surface area contributed by atoms with Gasteiger partial charge in [-0.1, -0.05) is 12.1 Å². The van der Waals surface area contributed by atoms with Crippen LogP contribution < -0.4 is 0 Å². The van der Waals surface area contributed by atoms with Crippen LogP contribution in [0, 0.1) is 12.7 Å². The lowest BCUT2D eigenvalue weighted by atomic mass is 9.94. The van der Waals surface area contributed by atoms with E-state index in [9.17, 15) is 14.3 Å². The van der Waals surface area contributed by atoms with Crippen LogP contribution in [0.25, 0.3) is 0 Å². The van der Waals surface area contributed by atoms with E-state index in [1.807, 2.05) is 4.90 Å². The lowest BCUT2D eigenvalue weighted by Gasteiger charge is -2.36. The number of piperidine rings is 1. The average Bonchev–Trinajstić information content (AvgIpc) is 2.57. The molecule has 0 bridgehead atoms. The summed E-state index contributed by atoms with van der Waals surface area (Å²) in [6.45, 7) is 2.47. The third kappa shape index (κ3) is 3.21. The molecule has 120 valence electrons. The zero-order valence-electron chi connectivity index (χ0n) is 13.1. The van der Waals surface area contributed by atoms with Crippen LogP contribution in [-0.2, 0) is 0 Å². The number of amides is 1. The van der Waals surface area contributed by atoms with Gasteiger partial charge in [-0.15, -0.1) is 0 Å². The molecule has 1 atom stereocenters. The highest BCUT2D eigenvalue weighted by Crippen LogP contribution is 2.32. The van der Waals surface area contributed by atoms with Gasteiger partial charge in [-0.25, -0.2) is 4.39 Å². The number of hydrogen-bond donors (Lipinski definition) is 1. The minimum Gasteiger partial charge on any atom is -0.508 e. The van der Waals surface area contributed by atoms with E-state index in [0.29, 0.717) is 17.7 Å². The zero-order valence-corrected chi connectivity index (χ0v) is 13.1. The zero-order chi connectivity index (χ0) is 16.4. The van der Waals surface area contributed by atoms with Crippen LogP contribution in [0.4, 0.5) is 4.39 Å². The third-order valence-corrected chi connectivity index (χ3v) is 4.46. The minimum absolute atomic E-state index is 0.0223. The average molecular weight is 313 g/mol. The Morgan fingerprint density at radius 1 is 1.17 bits per heavy atom. The molecule has 0 unspecified atom stereocenters. The maximum Gasteiger partial charge on any atom is 0.254 e. The van der Waals surface area contributed by atoms with Crippen LogP contribution >= 0.6 is 0 Å². The molecular formula is C19H20FNO2. The van der Waals surface area contributed by atoms with E-state index in [-0.39, 0.29) is 23.5 Å². The summed E-state index contributed by atoms with van der Waals surface area (Å²) < 4.78 is 13.2. The Kier molecular flexibility index (Phi) is 4.33. The first kappa shape index (κ1) is 15.5. The van der Waals surface area contributed by atoms with E-state index in [1.165, 1.54) is 12.1 Å². The summed E-state index contributed by atoms with van der Waals surface area (Å²) in [5.74, 6) is -0.117. The summed E-state index contributed by atoms with van der Waals surface area (Å²) in [5.41, 5.74) is 2.23. The van der Waals surface area contributed by atoms with E-state index >= 15 is 0 Å². The summed E-state index contributed by atoms with van der Waals surface area (Å²) in [7, 11) is 0. The molecule has 0 aliphatic carbocycles. The molecule has 2 aromatic carbocycles. The van der Waals surface area contributed by atoms with Crippen molar-refractivity contribution < 1.29 is 14.3 Å². The highest BCUT2D eigenvalue weighted by Gasteiger charge is 2.28. The van der Waals surface area contributed by atoms with Crippen molar-refractivity contribution in [2.24, 2.45) is 0 Å². The Hall–Kier alpha value is -2.36. The highest BCUT2D eigenvalue weighted by atomic mass is 19.1. The largest absolute Gasteiger partial charge is 0.508 e. The van der Waals surface area contributed by atoms with Crippen molar-refractivity contribution in [3.05, 3.63) is 65.0 Å². The number of carbonyl (C=O) groups is 1. The fourth-order valence-corrected chi connectivity index (χ4v) is 3.16. The van der Waals surface area contributed by atoms with Gasteiger partial charge in [0.2, 0.25) is 0 Å². The van der Waals surface area contributed by atoms with Crippen molar-refractivity contribution in [1.82, 2.24) is 4.90 Å². The Morgan fingerprint density at radius 3 is 2.61 bits per heavy atom. The van der Waals surface area contributed by atoms with Gasteiger partial charge in [-0.2, -0.15) is 0 Å². The van der Waals surface area contributed by atoms with Crippen molar-refractivity contribution in [3.8, 4) is 5.75 Å². The number of hydrogen-bond acceptors (Lipinski definition) is 2. The van der Waals surface area contributed by atoms with Gasteiger partial charge in [0.15, 0.2) is 0 Å². The molecule has 3 nitrogen and oxygen atoms in total. The van der Waals surface area contributed by atoms with E-state index in [4.69, 9.17) is 0 Å². The summed E-state index contributed by atoms with van der Waals surface area (Å²) in [5, 5.41) is 9.63. The van der Waals surface area contributed by atoms with Crippen molar-refractivity contribution in [2.45, 2.75) is 32.2 Å². The fraction of sp³-hybridized carbons (Fsp3) is 0.316. The van der Waals surface area contributed by atoms with E-state index in [1.54, 1.807) is 37.3 Å². The third-order valence-electron chi connectivity index (χ3n) is 4.46. The van der Waals surface area contributed by atoms with Gasteiger partial charge in [0.1, 0.15) is 11.6 Å². The predicted molar refractivity (Wildman–Crippen MR) is 86.9 cm³/mol. The van der Waals surface area contributed by atoms with Crippen LogP contribution in [0.5, 0.6) is 5.75 Å². The second kappa shape index (κ2) is 6.41. The number of benzene rings is 2. The van der Waals surface area contributed by atoms with E-state index < -0.39 is 0 Å². The van der Waals surface area contributed by atoms with Gasteiger partial charge >= 0.3 is 0 Å². The number of phenolic OH excluding ortho intramolecular Hbond substituents is 1. The molecule has 23 heavy (non-hydrogen) atoms. The standard InChI is InChI=1S/C19H20FNO2/c1-13-12-15(7-10-18(13)22)19(23)21-11-3-2-4-17(21)14-5-8-16(20)9-6-14/h5-10,12,17,22H,2-4,11H2,1H3/t17-/m1/s1. The summed E-state index contributed by atoms with van der Waals surface area (Å²) >= 11 is 0. The van der Waals surface area contributed by atoms with E-state index in [2.05, 4.69) is 0 Å². The van der Waals surface area contributed by atoms with Crippen LogP contribution in [0.1, 0.15) is 46.8 Å². The smallest absolute Gasteiger partial charge is 0.254 e. The van der Waals surface area contributed by atoms with Gasteiger partial charge in [-0.05, 0) is 67.6 Å². The molecular weight excluding hydrogens is 293 g/mol. The van der Waals surface area contributed by atoms with Crippen molar-refractivity contribution in [2.75, 3.05) is 6.54 Å². The second-order valence-electron chi connectivity index (χ2n) is 6.06. The molecule has 4 heteroatoms. The molecule has 1 aliphatic rings. The molecule has 0 saturated carbocycles. The van der Waals surface area contributed by atoms with Crippen molar-refractivity contribution in [1.29, 1.82) is 0 Å². The first-order chi connectivity index (χ1) is 11.1. The number of carbonyl (C=O) groups excluding carboxylic acids is 1. The van der Waals surface area contributed by atoms with E-state index in [0.717, 1.165) is 24.8 Å². The minimum atomic E-state index is -0.267. The molecule has 1 heterocycles. The molecule has 0 radical (unpaired) electrons. The van der Waals surface area contributed by atoms with Crippen molar-refractivity contribution in [3.63, 3.8) is 0 Å². The quantitative estimate of drug-likeness (QED) is 0.902. The van der Waals surface area contributed by atoms with Gasteiger partial charge in [0, 0.05) is 12.1 Å². The van der Waals surface area contributed by atoms with Gasteiger partial charge in [0.25, 0.3) is 5.91 Å². The molecule has 0 aromatic heterocycles. The lowest BCUT2D eigenvalue weighted by Crippen LogP contribution is -2.38. The maximum absolute atomic E-state index is 13.2. The summed E-state index contributed by atoms with van der Waals surface area (Å²) in [6, 6.07) is 11.3. The lowest BCUT2D eigenvalue weighted by molar-refractivity contribution is 0.0611. The Labute approximate surface area is 135 Å². The van der Waals surface area contributed by atoms with Crippen LogP contribution in [0.3, 0.4) is 0 Å². The normalized spacial score (nSPS) is 18.0. The molecule has 1 amide bonds. The van der Waals surface area contributed by atoms with Crippen LogP contribution in [-0.4, -0.2) is 22.5 Å². The SMILES string of the molecule is Cc1cc(C(=O)N2CCCC[C@@H]2c2ccc(F)cc2)ccc1O. The fourth-order valence-electron chi connectivity index (χ4n) is 3.16. The first-order valence-electron chi connectivity index (χ1n) is 7.92. The molecule has 0 spiro atoms. The van der Waals surface area contributed by atoms with Crippen LogP contribution in [0.15, 0.2) is 42.5 Å². The summed E-state index contributed by atoms with van der Waals surface area (Å²) in [4.78, 5) is 14.7. The number of nitrogens with zero attached hydrogens (tertiary/aromatic N) is 1. The number of halogens is 1. The number of rotatable bonds is 2. The second-order valence-corrected chi connectivity index (χ2v) is 6.06. The predicted octanol–water partition coefficient (Wildman–Crippen LogP) is 4.21. The van der Waals surface area contributed by atoms with Gasteiger partial charge < -0.3 is 10.0 Å². The summed E-state index contributed by atoms with van der Waals surface area (Å²) in [6.07, 6.45) is 2.91. The highest BCUT2D eigenvalue weighted by molar-refractivity contribution is 5.95. The Morgan fingerprint density at radius 2 is 1.91 bits per heavy atom. The first-order valence-corrected chi connectivity index (χ1v) is 7.92. The molecule has 2 aromatic rings.